The molecule has 3 heterocycles. The highest BCUT2D eigenvalue weighted by molar-refractivity contribution is 6.29. The van der Waals surface area contributed by atoms with E-state index in [-0.39, 0.29) is 6.10 Å². The zero-order valence-electron chi connectivity index (χ0n) is 10.9. The molecule has 0 aliphatic carbocycles. The summed E-state index contributed by atoms with van der Waals surface area (Å²) in [6.45, 7) is 3.72. The van der Waals surface area contributed by atoms with Gasteiger partial charge >= 0.3 is 0 Å². The Balaban J connectivity index is 1.87. The van der Waals surface area contributed by atoms with Gasteiger partial charge in [0, 0.05) is 19.2 Å². The Morgan fingerprint density at radius 3 is 3.21 bits per heavy atom. The first-order valence-corrected chi connectivity index (χ1v) is 7.04. The molecule has 0 saturated carbocycles. The molecular formula is C13H17ClN4O. The molecule has 1 saturated heterocycles. The standard InChI is InChI=1S/C13H17ClN4O/c1-2-9-7-16-13-11(6-12(14)17-18(9)13)15-8-10-4-3-5-19-10/h6-7,10,15H,2-5,8H2,1H3. The molecular weight excluding hydrogens is 264 g/mol. The number of anilines is 1. The molecule has 1 fully saturated rings. The van der Waals surface area contributed by atoms with E-state index in [0.29, 0.717) is 5.15 Å². The molecule has 1 aliphatic rings. The number of aromatic nitrogens is 3. The minimum absolute atomic E-state index is 0.285. The number of imidazole rings is 1. The van der Waals surface area contributed by atoms with E-state index in [1.807, 2.05) is 12.3 Å². The van der Waals surface area contributed by atoms with E-state index in [4.69, 9.17) is 16.3 Å². The molecule has 6 heteroatoms. The summed E-state index contributed by atoms with van der Waals surface area (Å²) in [5.74, 6) is 0. The van der Waals surface area contributed by atoms with Crippen molar-refractivity contribution in [3.05, 3.63) is 23.1 Å². The summed E-state index contributed by atoms with van der Waals surface area (Å²) in [7, 11) is 0. The number of hydrogen-bond donors (Lipinski definition) is 1. The SMILES string of the molecule is CCc1cnc2c(NCC3CCCO3)cc(Cl)nn12. The maximum absolute atomic E-state index is 6.07. The van der Waals surface area contributed by atoms with Gasteiger partial charge in [0.25, 0.3) is 0 Å². The lowest BCUT2D eigenvalue weighted by molar-refractivity contribution is 0.120. The van der Waals surface area contributed by atoms with Gasteiger partial charge in [-0.15, -0.1) is 0 Å². The van der Waals surface area contributed by atoms with E-state index in [1.54, 1.807) is 4.52 Å². The van der Waals surface area contributed by atoms with Crippen LogP contribution in [0.2, 0.25) is 5.15 Å². The third-order valence-corrected chi connectivity index (χ3v) is 3.60. The van der Waals surface area contributed by atoms with Gasteiger partial charge in [-0.05, 0) is 19.3 Å². The van der Waals surface area contributed by atoms with Gasteiger partial charge in [-0.25, -0.2) is 9.50 Å². The fraction of sp³-hybridized carbons (Fsp3) is 0.538. The molecule has 0 spiro atoms. The number of aryl methyl sites for hydroxylation is 1. The molecule has 2 aromatic heterocycles. The topological polar surface area (TPSA) is 51.5 Å². The number of hydrogen-bond acceptors (Lipinski definition) is 4. The van der Waals surface area contributed by atoms with Gasteiger partial charge in [-0.3, -0.25) is 0 Å². The van der Waals surface area contributed by atoms with E-state index < -0.39 is 0 Å². The third-order valence-electron chi connectivity index (χ3n) is 3.41. The lowest BCUT2D eigenvalue weighted by Crippen LogP contribution is -2.19. The largest absolute Gasteiger partial charge is 0.379 e. The second kappa shape index (κ2) is 5.35. The maximum Gasteiger partial charge on any atom is 0.177 e. The summed E-state index contributed by atoms with van der Waals surface area (Å²) in [5, 5.41) is 8.14. The van der Waals surface area contributed by atoms with Crippen LogP contribution in [0.4, 0.5) is 5.69 Å². The number of nitrogens with one attached hydrogen (secondary N) is 1. The maximum atomic E-state index is 6.07. The fourth-order valence-corrected chi connectivity index (χ4v) is 2.57. The molecule has 102 valence electrons. The number of rotatable bonds is 4. The quantitative estimate of drug-likeness (QED) is 0.935. The molecule has 0 aromatic carbocycles. The van der Waals surface area contributed by atoms with Crippen molar-refractivity contribution in [1.82, 2.24) is 14.6 Å². The molecule has 1 aliphatic heterocycles. The smallest absolute Gasteiger partial charge is 0.177 e. The van der Waals surface area contributed by atoms with Gasteiger partial charge in [-0.2, -0.15) is 5.10 Å². The number of nitrogens with zero attached hydrogens (tertiary/aromatic N) is 3. The second-order valence-corrected chi connectivity index (χ2v) is 5.12. The van der Waals surface area contributed by atoms with Crippen LogP contribution >= 0.6 is 11.6 Å². The van der Waals surface area contributed by atoms with Crippen molar-refractivity contribution >= 4 is 22.9 Å². The van der Waals surface area contributed by atoms with Crippen LogP contribution in [0, 0.1) is 0 Å². The molecule has 0 bridgehead atoms. The summed E-state index contributed by atoms with van der Waals surface area (Å²) in [5.41, 5.74) is 2.78. The molecule has 5 nitrogen and oxygen atoms in total. The zero-order chi connectivity index (χ0) is 13.2. The molecule has 0 amide bonds. The van der Waals surface area contributed by atoms with E-state index in [9.17, 15) is 0 Å². The van der Waals surface area contributed by atoms with E-state index >= 15 is 0 Å². The van der Waals surface area contributed by atoms with Gasteiger partial charge in [-0.1, -0.05) is 18.5 Å². The summed E-state index contributed by atoms with van der Waals surface area (Å²) >= 11 is 6.07. The van der Waals surface area contributed by atoms with Crippen molar-refractivity contribution in [3.63, 3.8) is 0 Å². The molecule has 1 N–H and O–H groups in total. The average Bonchev–Trinajstić information content (AvgIpc) is 3.04. The highest BCUT2D eigenvalue weighted by Crippen LogP contribution is 2.21. The minimum atomic E-state index is 0.285. The Morgan fingerprint density at radius 2 is 2.47 bits per heavy atom. The van der Waals surface area contributed by atoms with Crippen LogP contribution in [0.1, 0.15) is 25.5 Å². The number of fused-ring (bicyclic) bond motifs is 1. The van der Waals surface area contributed by atoms with E-state index in [0.717, 1.165) is 49.4 Å². The average molecular weight is 281 g/mol. The Hall–Kier alpha value is -1.33. The van der Waals surface area contributed by atoms with Crippen molar-refractivity contribution in [3.8, 4) is 0 Å². The first-order chi connectivity index (χ1) is 9.28. The van der Waals surface area contributed by atoms with Crippen LogP contribution in [0.15, 0.2) is 12.3 Å². The van der Waals surface area contributed by atoms with Gasteiger partial charge in [0.05, 0.1) is 23.7 Å². The van der Waals surface area contributed by atoms with Crippen LogP contribution < -0.4 is 5.32 Å². The van der Waals surface area contributed by atoms with Gasteiger partial charge in [0.15, 0.2) is 10.8 Å². The van der Waals surface area contributed by atoms with Crippen LogP contribution in [0.25, 0.3) is 5.65 Å². The molecule has 2 aromatic rings. The lowest BCUT2D eigenvalue weighted by atomic mass is 10.2. The van der Waals surface area contributed by atoms with Crippen LogP contribution in [-0.4, -0.2) is 33.9 Å². The van der Waals surface area contributed by atoms with Crippen LogP contribution in [0.3, 0.4) is 0 Å². The monoisotopic (exact) mass is 280 g/mol. The molecule has 1 atom stereocenters. The molecule has 1 unspecified atom stereocenters. The van der Waals surface area contributed by atoms with Crippen molar-refractivity contribution < 1.29 is 4.74 Å². The van der Waals surface area contributed by atoms with E-state index in [1.165, 1.54) is 0 Å². The molecule has 3 rings (SSSR count). The predicted molar refractivity (Wildman–Crippen MR) is 74.8 cm³/mol. The first-order valence-electron chi connectivity index (χ1n) is 6.66. The van der Waals surface area contributed by atoms with Crippen molar-refractivity contribution in [2.75, 3.05) is 18.5 Å². The van der Waals surface area contributed by atoms with Crippen molar-refractivity contribution in [1.29, 1.82) is 0 Å². The van der Waals surface area contributed by atoms with Gasteiger partial charge in [0.2, 0.25) is 0 Å². The van der Waals surface area contributed by atoms with Crippen LogP contribution in [0.5, 0.6) is 0 Å². The number of ether oxygens (including phenoxy) is 1. The highest BCUT2D eigenvalue weighted by atomic mass is 35.5. The third kappa shape index (κ3) is 2.53. The first kappa shape index (κ1) is 12.7. The normalized spacial score (nSPS) is 19.2. The summed E-state index contributed by atoms with van der Waals surface area (Å²) in [4.78, 5) is 4.41. The van der Waals surface area contributed by atoms with Gasteiger partial charge < -0.3 is 10.1 Å². The minimum Gasteiger partial charge on any atom is -0.379 e. The Bertz CT molecular complexity index is 577. The summed E-state index contributed by atoms with van der Waals surface area (Å²) in [6.07, 6.45) is 5.25. The fourth-order valence-electron chi connectivity index (χ4n) is 2.38. The lowest BCUT2D eigenvalue weighted by Gasteiger charge is -2.12. The Morgan fingerprint density at radius 1 is 1.58 bits per heavy atom. The van der Waals surface area contributed by atoms with Crippen LogP contribution in [-0.2, 0) is 11.2 Å². The van der Waals surface area contributed by atoms with E-state index in [2.05, 4.69) is 22.3 Å². The van der Waals surface area contributed by atoms with Crippen molar-refractivity contribution in [2.45, 2.75) is 32.3 Å². The Kier molecular flexibility index (Phi) is 3.57. The highest BCUT2D eigenvalue weighted by Gasteiger charge is 2.16. The molecule has 19 heavy (non-hydrogen) atoms. The summed E-state index contributed by atoms with van der Waals surface area (Å²) in [6, 6.07) is 1.82. The number of halogens is 1. The molecule has 0 radical (unpaired) electrons. The zero-order valence-corrected chi connectivity index (χ0v) is 11.7. The van der Waals surface area contributed by atoms with Crippen molar-refractivity contribution in [2.24, 2.45) is 0 Å². The Labute approximate surface area is 116 Å². The van der Waals surface area contributed by atoms with Gasteiger partial charge in [0.1, 0.15) is 0 Å². The second-order valence-electron chi connectivity index (χ2n) is 4.74. The predicted octanol–water partition coefficient (Wildman–Crippen LogP) is 2.54. The summed E-state index contributed by atoms with van der Waals surface area (Å²) < 4.78 is 7.41.